The molecule has 2 unspecified atom stereocenters. The summed E-state index contributed by atoms with van der Waals surface area (Å²) in [6.07, 6.45) is 4.58. The van der Waals surface area contributed by atoms with E-state index in [4.69, 9.17) is 14.2 Å². The molecule has 0 bridgehead atoms. The van der Waals surface area contributed by atoms with Crippen molar-refractivity contribution in [3.8, 4) is 5.75 Å². The van der Waals surface area contributed by atoms with Crippen molar-refractivity contribution in [1.29, 1.82) is 0 Å². The van der Waals surface area contributed by atoms with E-state index in [0.29, 0.717) is 5.92 Å². The number of hydrogen-bond donors (Lipinski definition) is 2. The molecule has 6 nitrogen and oxygen atoms in total. The molecular weight excluding hydrogens is 517 g/mol. The molecule has 32 heavy (non-hydrogen) atoms. The molecule has 3 rings (SSSR count). The lowest BCUT2D eigenvalue weighted by Crippen LogP contribution is -2.50. The molecule has 182 valence electrons. The molecule has 0 aromatic heterocycles. The van der Waals surface area contributed by atoms with E-state index in [1.54, 1.807) is 7.11 Å². The molecule has 0 saturated carbocycles. The van der Waals surface area contributed by atoms with Crippen LogP contribution >= 0.6 is 24.0 Å². The number of halogens is 1. The second-order valence-corrected chi connectivity index (χ2v) is 9.99. The fourth-order valence-corrected chi connectivity index (χ4v) is 4.99. The highest BCUT2D eigenvalue weighted by molar-refractivity contribution is 14.0. The summed E-state index contributed by atoms with van der Waals surface area (Å²) in [5.74, 6) is 2.24. The Kier molecular flexibility index (Phi) is 10.5. The number of hydrogen-bond acceptors (Lipinski definition) is 4. The van der Waals surface area contributed by atoms with Gasteiger partial charge in [-0.1, -0.05) is 32.9 Å². The summed E-state index contributed by atoms with van der Waals surface area (Å²) < 4.78 is 17.2. The Bertz CT molecular complexity index is 712. The van der Waals surface area contributed by atoms with Crippen molar-refractivity contribution < 1.29 is 14.2 Å². The Hall–Kier alpha value is -1.06. The summed E-state index contributed by atoms with van der Waals surface area (Å²) in [6.45, 7) is 11.0. The van der Waals surface area contributed by atoms with Crippen LogP contribution in [0.15, 0.2) is 29.3 Å². The number of ether oxygens (including phenoxy) is 3. The van der Waals surface area contributed by atoms with Crippen LogP contribution in [-0.2, 0) is 14.9 Å². The average Bonchev–Trinajstić information content (AvgIpc) is 2.79. The third kappa shape index (κ3) is 6.97. The largest absolute Gasteiger partial charge is 0.497 e. The monoisotopic (exact) mass is 559 g/mol. The minimum absolute atomic E-state index is 0. The van der Waals surface area contributed by atoms with Crippen molar-refractivity contribution in [2.45, 2.75) is 58.0 Å². The topological polar surface area (TPSA) is 64.1 Å². The molecule has 0 amide bonds. The minimum Gasteiger partial charge on any atom is -0.497 e. The van der Waals surface area contributed by atoms with E-state index in [1.165, 1.54) is 12.0 Å². The first-order valence-corrected chi connectivity index (χ1v) is 11.7. The van der Waals surface area contributed by atoms with E-state index in [9.17, 15) is 0 Å². The van der Waals surface area contributed by atoms with Gasteiger partial charge in [-0.2, -0.15) is 0 Å². The normalized spacial score (nSPS) is 23.7. The van der Waals surface area contributed by atoms with Gasteiger partial charge in [0.15, 0.2) is 5.96 Å². The molecule has 2 atom stereocenters. The molecular formula is C25H42IN3O3. The molecule has 2 saturated heterocycles. The Labute approximate surface area is 211 Å². The number of aliphatic imine (C=N–C) groups is 1. The van der Waals surface area contributed by atoms with Gasteiger partial charge in [-0.05, 0) is 48.8 Å². The van der Waals surface area contributed by atoms with Crippen LogP contribution in [0.1, 0.15) is 52.0 Å². The van der Waals surface area contributed by atoms with Crippen LogP contribution in [0.4, 0.5) is 0 Å². The van der Waals surface area contributed by atoms with Gasteiger partial charge in [0.05, 0.1) is 13.2 Å². The molecule has 2 N–H and O–H groups in total. The van der Waals surface area contributed by atoms with E-state index < -0.39 is 0 Å². The number of nitrogens with zero attached hydrogens (tertiary/aromatic N) is 1. The van der Waals surface area contributed by atoms with E-state index in [2.05, 4.69) is 60.7 Å². The molecule has 2 aliphatic rings. The quantitative estimate of drug-likeness (QED) is 0.308. The standard InChI is InChI=1S/C25H41N3O3.HI/c1-24(2,3)22-19(7-6-14-31-22)17-27-23(26-4)28-18-25(12-15-30-16-13-25)20-8-10-21(29-5)11-9-20;/h8-11,19,22H,6-7,12-18H2,1-5H3,(H2,26,27,28);1H. The van der Waals surface area contributed by atoms with Gasteiger partial charge < -0.3 is 24.8 Å². The lowest BCUT2D eigenvalue weighted by Gasteiger charge is -2.41. The third-order valence-corrected chi connectivity index (χ3v) is 6.80. The van der Waals surface area contributed by atoms with Gasteiger partial charge >= 0.3 is 0 Å². The highest BCUT2D eigenvalue weighted by atomic mass is 127. The van der Waals surface area contributed by atoms with Crippen molar-refractivity contribution in [2.24, 2.45) is 16.3 Å². The molecule has 1 aromatic carbocycles. The van der Waals surface area contributed by atoms with Crippen molar-refractivity contribution in [3.63, 3.8) is 0 Å². The number of guanidine groups is 1. The average molecular weight is 560 g/mol. The Balaban J connectivity index is 0.00000363. The van der Waals surface area contributed by atoms with Crippen molar-refractivity contribution in [1.82, 2.24) is 10.6 Å². The fourth-order valence-electron chi connectivity index (χ4n) is 4.99. The first-order chi connectivity index (χ1) is 14.9. The smallest absolute Gasteiger partial charge is 0.191 e. The van der Waals surface area contributed by atoms with Gasteiger partial charge in [0, 0.05) is 51.3 Å². The molecule has 2 heterocycles. The molecule has 2 fully saturated rings. The van der Waals surface area contributed by atoms with E-state index in [1.807, 2.05) is 7.05 Å². The number of nitrogens with one attached hydrogen (secondary N) is 2. The zero-order chi connectivity index (χ0) is 22.3. The Morgan fingerprint density at radius 2 is 1.81 bits per heavy atom. The van der Waals surface area contributed by atoms with Gasteiger partial charge in [0.2, 0.25) is 0 Å². The van der Waals surface area contributed by atoms with Crippen LogP contribution in [0, 0.1) is 11.3 Å². The fraction of sp³-hybridized carbons (Fsp3) is 0.720. The summed E-state index contributed by atoms with van der Waals surface area (Å²) in [5, 5.41) is 7.19. The van der Waals surface area contributed by atoms with Crippen LogP contribution in [0.5, 0.6) is 5.75 Å². The predicted octanol–water partition coefficient (Wildman–Crippen LogP) is 4.37. The highest BCUT2D eigenvalue weighted by Gasteiger charge is 2.36. The van der Waals surface area contributed by atoms with Gasteiger partial charge in [0.1, 0.15) is 5.75 Å². The highest BCUT2D eigenvalue weighted by Crippen LogP contribution is 2.35. The molecule has 7 heteroatoms. The van der Waals surface area contributed by atoms with Crippen molar-refractivity contribution >= 4 is 29.9 Å². The maximum Gasteiger partial charge on any atom is 0.191 e. The molecule has 0 aliphatic carbocycles. The van der Waals surface area contributed by atoms with Gasteiger partial charge in [-0.3, -0.25) is 4.99 Å². The number of benzene rings is 1. The summed E-state index contributed by atoms with van der Waals surface area (Å²) in [6, 6.07) is 8.48. The molecule has 0 radical (unpaired) electrons. The number of rotatable bonds is 6. The molecule has 0 spiro atoms. The Morgan fingerprint density at radius 3 is 2.41 bits per heavy atom. The maximum absolute atomic E-state index is 6.14. The lowest BCUT2D eigenvalue weighted by atomic mass is 9.74. The first kappa shape index (κ1) is 27.2. The molecule has 2 aliphatic heterocycles. The Morgan fingerprint density at radius 1 is 1.12 bits per heavy atom. The van der Waals surface area contributed by atoms with Gasteiger partial charge in [-0.15, -0.1) is 24.0 Å². The minimum atomic E-state index is 0. The van der Waals surface area contributed by atoms with Crippen LogP contribution in [0.2, 0.25) is 0 Å². The predicted molar refractivity (Wildman–Crippen MR) is 141 cm³/mol. The van der Waals surface area contributed by atoms with Crippen LogP contribution < -0.4 is 15.4 Å². The zero-order valence-electron chi connectivity index (χ0n) is 20.4. The summed E-state index contributed by atoms with van der Waals surface area (Å²) in [5.41, 5.74) is 1.50. The van der Waals surface area contributed by atoms with E-state index >= 15 is 0 Å². The van der Waals surface area contributed by atoms with Crippen LogP contribution in [0.25, 0.3) is 0 Å². The third-order valence-electron chi connectivity index (χ3n) is 6.80. The first-order valence-electron chi connectivity index (χ1n) is 11.7. The van der Waals surface area contributed by atoms with E-state index in [-0.39, 0.29) is 40.9 Å². The van der Waals surface area contributed by atoms with Crippen LogP contribution in [-0.4, -0.2) is 59.1 Å². The molecule has 1 aromatic rings. The maximum atomic E-state index is 6.14. The lowest BCUT2D eigenvalue weighted by molar-refractivity contribution is -0.0835. The summed E-state index contributed by atoms with van der Waals surface area (Å²) >= 11 is 0. The summed E-state index contributed by atoms with van der Waals surface area (Å²) in [7, 11) is 3.55. The van der Waals surface area contributed by atoms with Crippen LogP contribution in [0.3, 0.4) is 0 Å². The van der Waals surface area contributed by atoms with Crippen molar-refractivity contribution in [3.05, 3.63) is 29.8 Å². The van der Waals surface area contributed by atoms with Crippen molar-refractivity contribution in [2.75, 3.05) is 47.1 Å². The second-order valence-electron chi connectivity index (χ2n) is 9.99. The second kappa shape index (κ2) is 12.4. The SMILES string of the molecule is CN=C(NCC1CCCOC1C(C)(C)C)NCC1(c2ccc(OC)cc2)CCOCC1.I. The number of methoxy groups -OCH3 is 1. The van der Waals surface area contributed by atoms with Gasteiger partial charge in [0.25, 0.3) is 0 Å². The zero-order valence-corrected chi connectivity index (χ0v) is 22.7. The van der Waals surface area contributed by atoms with Gasteiger partial charge in [-0.25, -0.2) is 0 Å². The van der Waals surface area contributed by atoms with E-state index in [0.717, 1.165) is 63.9 Å². The summed E-state index contributed by atoms with van der Waals surface area (Å²) in [4.78, 5) is 4.50.